The van der Waals surface area contributed by atoms with Crippen LogP contribution in [0.25, 0.3) is 0 Å². The molecule has 1 heterocycles. The van der Waals surface area contributed by atoms with Crippen LogP contribution >= 0.6 is 39.3 Å². The number of halogens is 2. The lowest BCUT2D eigenvalue weighted by Gasteiger charge is -2.25. The van der Waals surface area contributed by atoms with Gasteiger partial charge in [-0.05, 0) is 48.2 Å². The first kappa shape index (κ1) is 19.3. The second-order valence-corrected chi connectivity index (χ2v) is 8.66. The molecule has 1 unspecified atom stereocenters. The largest absolute Gasteiger partial charge is 0.342 e. The Morgan fingerprint density at radius 3 is 2.54 bits per heavy atom. The molecule has 0 radical (unpaired) electrons. The number of nitrogens with one attached hydrogen (secondary N) is 1. The fraction of sp³-hybridized carbons (Fsp3) is 0.263. The molecule has 0 saturated carbocycles. The van der Waals surface area contributed by atoms with Crippen molar-refractivity contribution in [2.75, 3.05) is 23.9 Å². The van der Waals surface area contributed by atoms with Crippen molar-refractivity contribution in [3.8, 4) is 0 Å². The van der Waals surface area contributed by atoms with Crippen LogP contribution in [0, 0.1) is 5.41 Å². The van der Waals surface area contributed by atoms with Gasteiger partial charge in [-0.1, -0.05) is 46.6 Å². The maximum absolute atomic E-state index is 12.7. The first-order valence-corrected chi connectivity index (χ1v) is 10.7. The van der Waals surface area contributed by atoms with Gasteiger partial charge in [0.15, 0.2) is 0 Å². The second-order valence-electron chi connectivity index (χ2n) is 6.44. The van der Waals surface area contributed by atoms with Crippen LogP contribution < -0.4 is 5.32 Å². The summed E-state index contributed by atoms with van der Waals surface area (Å²) >= 11 is 11.1. The predicted octanol–water partition coefficient (Wildman–Crippen LogP) is 5.72. The Balaban J connectivity index is 1.85. The molecule has 0 aromatic heterocycles. The topological polar surface area (TPSA) is 44.7 Å². The van der Waals surface area contributed by atoms with E-state index in [-0.39, 0.29) is 11.4 Å². The molecule has 0 saturated heterocycles. The normalized spacial score (nSPS) is 19.4. The smallest absolute Gasteiger partial charge is 0.306 e. The third-order valence-corrected chi connectivity index (χ3v) is 5.91. The summed E-state index contributed by atoms with van der Waals surface area (Å²) in [5, 5.41) is 9.75. The maximum Gasteiger partial charge on any atom is 0.342 e. The first-order chi connectivity index (χ1) is 12.4. The molecule has 0 spiro atoms. The molecule has 4 nitrogen and oxygen atoms in total. The lowest BCUT2D eigenvalue weighted by atomic mass is 9.84. The fourth-order valence-electron chi connectivity index (χ4n) is 2.97. The summed E-state index contributed by atoms with van der Waals surface area (Å²) in [6.45, 7) is 2.68. The molecule has 2 aromatic rings. The highest BCUT2D eigenvalue weighted by atomic mass is 79.9. The van der Waals surface area contributed by atoms with Gasteiger partial charge < -0.3 is 5.32 Å². The molecule has 7 heteroatoms. The van der Waals surface area contributed by atoms with Crippen molar-refractivity contribution in [1.82, 2.24) is 5.01 Å². The van der Waals surface area contributed by atoms with Crippen molar-refractivity contribution < 1.29 is 4.79 Å². The Hall–Kier alpha value is -1.50. The van der Waals surface area contributed by atoms with E-state index in [1.54, 1.807) is 11.8 Å². The second kappa shape index (κ2) is 8.03. The van der Waals surface area contributed by atoms with Crippen molar-refractivity contribution >= 4 is 56.7 Å². The summed E-state index contributed by atoms with van der Waals surface area (Å²) in [6, 6.07) is 14.9. The number of carbonyl (C=O) groups is 1. The predicted molar refractivity (Wildman–Crippen MR) is 114 cm³/mol. The Bertz CT molecular complexity index is 826. The van der Waals surface area contributed by atoms with Crippen LogP contribution in [0.15, 0.2) is 58.1 Å². The minimum absolute atomic E-state index is 0.218. The van der Waals surface area contributed by atoms with E-state index < -0.39 is 0 Å². The van der Waals surface area contributed by atoms with E-state index in [0.717, 1.165) is 27.2 Å². The third-order valence-electron chi connectivity index (χ3n) is 4.20. The Morgan fingerprint density at radius 2 is 1.92 bits per heavy atom. The molecular weight excluding hydrogens is 434 g/mol. The molecule has 1 atom stereocenters. The number of amides is 2. The number of rotatable bonds is 4. The minimum atomic E-state index is -0.233. The molecule has 2 aromatic carbocycles. The average molecular weight is 453 g/mol. The van der Waals surface area contributed by atoms with Gasteiger partial charge in [0.05, 0.1) is 12.3 Å². The number of hydrogen-bond donors (Lipinski definition) is 1. The summed E-state index contributed by atoms with van der Waals surface area (Å²) in [5.41, 5.74) is 2.42. The molecule has 1 aliphatic rings. The number of benzene rings is 2. The van der Waals surface area contributed by atoms with Crippen LogP contribution in [0.4, 0.5) is 10.5 Å². The van der Waals surface area contributed by atoms with Crippen LogP contribution in [-0.4, -0.2) is 35.3 Å². The van der Waals surface area contributed by atoms with Gasteiger partial charge in [0.2, 0.25) is 0 Å². The van der Waals surface area contributed by atoms with Crippen LogP contribution in [0.5, 0.6) is 0 Å². The van der Waals surface area contributed by atoms with Crippen molar-refractivity contribution in [2.24, 2.45) is 10.5 Å². The van der Waals surface area contributed by atoms with Gasteiger partial charge in [0.25, 0.3) is 0 Å². The number of carbonyl (C=O) groups excluding carboxylic acids is 1. The van der Waals surface area contributed by atoms with Crippen LogP contribution in [0.3, 0.4) is 0 Å². The van der Waals surface area contributed by atoms with Gasteiger partial charge in [-0.15, -0.1) is 0 Å². The Labute approximate surface area is 171 Å². The summed E-state index contributed by atoms with van der Waals surface area (Å²) in [6.07, 6.45) is 2.06. The van der Waals surface area contributed by atoms with Crippen LogP contribution in [-0.2, 0) is 0 Å². The molecule has 0 bridgehead atoms. The van der Waals surface area contributed by atoms with Gasteiger partial charge in [-0.25, -0.2) is 9.80 Å². The number of anilines is 1. The Morgan fingerprint density at radius 1 is 1.27 bits per heavy atom. The van der Waals surface area contributed by atoms with Gasteiger partial charge in [0.1, 0.15) is 0 Å². The quantitative estimate of drug-likeness (QED) is 0.644. The van der Waals surface area contributed by atoms with Gasteiger partial charge >= 0.3 is 6.03 Å². The zero-order valence-corrected chi connectivity index (χ0v) is 17.7. The van der Waals surface area contributed by atoms with Gasteiger partial charge in [0, 0.05) is 26.4 Å². The van der Waals surface area contributed by atoms with Crippen LogP contribution in [0.1, 0.15) is 12.5 Å². The molecule has 2 amide bonds. The average Bonchev–Trinajstić information content (AvgIpc) is 2.95. The molecule has 26 heavy (non-hydrogen) atoms. The minimum Gasteiger partial charge on any atom is -0.306 e. The zero-order chi connectivity index (χ0) is 18.7. The standard InChI is InChI=1S/C19H19BrClN3OS/c1-19(12-26-2)11-24(18(25)22-16-9-5-14(20)6-10-16)23-17(19)13-3-7-15(21)8-4-13/h3-10H,11-12H2,1-2H3,(H,22,25). The SMILES string of the molecule is CSCC1(C)CN(C(=O)Nc2ccc(Br)cc2)N=C1c1ccc(Cl)cc1. The van der Waals surface area contributed by atoms with Gasteiger partial charge in [-0.3, -0.25) is 0 Å². The maximum atomic E-state index is 12.7. The third kappa shape index (κ3) is 4.24. The number of nitrogens with zero attached hydrogens (tertiary/aromatic N) is 2. The van der Waals surface area contributed by atoms with Gasteiger partial charge in [-0.2, -0.15) is 16.9 Å². The van der Waals surface area contributed by atoms with Crippen molar-refractivity contribution in [3.05, 3.63) is 63.6 Å². The molecule has 136 valence electrons. The Kier molecular flexibility index (Phi) is 5.95. The summed E-state index contributed by atoms with van der Waals surface area (Å²) in [7, 11) is 0. The molecule has 0 fully saturated rings. The monoisotopic (exact) mass is 451 g/mol. The van der Waals surface area contributed by atoms with Crippen molar-refractivity contribution in [1.29, 1.82) is 0 Å². The molecule has 1 N–H and O–H groups in total. The highest BCUT2D eigenvalue weighted by Crippen LogP contribution is 2.34. The van der Waals surface area contributed by atoms with E-state index in [9.17, 15) is 4.79 Å². The summed E-state index contributed by atoms with van der Waals surface area (Å²) in [4.78, 5) is 12.7. The lowest BCUT2D eigenvalue weighted by Crippen LogP contribution is -2.37. The molecular formula is C19H19BrClN3OS. The summed E-state index contributed by atoms with van der Waals surface area (Å²) < 4.78 is 0.965. The number of hydrogen-bond acceptors (Lipinski definition) is 3. The number of urea groups is 1. The highest BCUT2D eigenvalue weighted by Gasteiger charge is 2.41. The first-order valence-electron chi connectivity index (χ1n) is 8.09. The van der Waals surface area contributed by atoms with E-state index in [1.165, 1.54) is 5.01 Å². The molecule has 1 aliphatic heterocycles. The fourth-order valence-corrected chi connectivity index (χ4v) is 4.22. The number of thioether (sulfide) groups is 1. The van der Waals surface area contributed by atoms with E-state index in [4.69, 9.17) is 11.6 Å². The van der Waals surface area contributed by atoms with Crippen molar-refractivity contribution in [3.63, 3.8) is 0 Å². The van der Waals surface area contributed by atoms with E-state index in [1.807, 2.05) is 48.5 Å². The highest BCUT2D eigenvalue weighted by molar-refractivity contribution is 9.10. The van der Waals surface area contributed by atoms with Crippen LogP contribution in [0.2, 0.25) is 5.02 Å². The van der Waals surface area contributed by atoms with Crippen molar-refractivity contribution in [2.45, 2.75) is 6.92 Å². The summed E-state index contributed by atoms with van der Waals surface area (Å²) in [5.74, 6) is 0.872. The van der Waals surface area contributed by atoms with E-state index >= 15 is 0 Å². The molecule has 0 aliphatic carbocycles. The zero-order valence-electron chi connectivity index (χ0n) is 14.5. The molecule has 3 rings (SSSR count). The van der Waals surface area contributed by atoms with E-state index in [2.05, 4.69) is 39.5 Å². The number of hydrazone groups is 1. The lowest BCUT2D eigenvalue weighted by molar-refractivity contribution is 0.211. The van der Waals surface area contributed by atoms with E-state index in [0.29, 0.717) is 11.6 Å².